The van der Waals surface area contributed by atoms with Crippen LogP contribution in [-0.2, 0) is 28.8 Å². The average Bonchev–Trinajstić information content (AvgIpc) is 3.53. The summed E-state index contributed by atoms with van der Waals surface area (Å²) in [5, 5.41) is 15.3. The summed E-state index contributed by atoms with van der Waals surface area (Å²) in [6, 6.07) is 5.10. The van der Waals surface area contributed by atoms with Crippen LogP contribution < -0.4 is 15.0 Å². The number of carbonyl (C=O) groups is 2. The van der Waals surface area contributed by atoms with E-state index in [4.69, 9.17) is 9.84 Å². The molecule has 184 valence electrons. The highest BCUT2D eigenvalue weighted by molar-refractivity contribution is 5.96. The fourth-order valence-corrected chi connectivity index (χ4v) is 4.50. The van der Waals surface area contributed by atoms with Crippen molar-refractivity contribution in [1.29, 1.82) is 0 Å². The van der Waals surface area contributed by atoms with Crippen molar-refractivity contribution in [3.05, 3.63) is 41.2 Å². The van der Waals surface area contributed by atoms with Crippen LogP contribution in [0.5, 0.6) is 5.75 Å². The number of alkyl halides is 3. The summed E-state index contributed by atoms with van der Waals surface area (Å²) >= 11 is 0. The Labute approximate surface area is 194 Å². The number of aromatic nitrogens is 2. The highest BCUT2D eigenvalue weighted by Crippen LogP contribution is 2.36. The zero-order valence-electron chi connectivity index (χ0n) is 18.6. The Morgan fingerprint density at radius 1 is 1.24 bits per heavy atom. The predicted molar refractivity (Wildman–Crippen MR) is 117 cm³/mol. The molecule has 0 atom stereocenters. The van der Waals surface area contributed by atoms with E-state index >= 15 is 0 Å². The summed E-state index contributed by atoms with van der Waals surface area (Å²) in [5.74, 6) is -0.687. The number of anilines is 1. The van der Waals surface area contributed by atoms with Gasteiger partial charge in [0.1, 0.15) is 12.4 Å². The van der Waals surface area contributed by atoms with Gasteiger partial charge in [-0.25, -0.2) is 0 Å². The van der Waals surface area contributed by atoms with Gasteiger partial charge in [-0.3, -0.25) is 14.3 Å². The summed E-state index contributed by atoms with van der Waals surface area (Å²) in [4.78, 5) is 24.6. The Morgan fingerprint density at radius 3 is 2.71 bits per heavy atom. The molecule has 1 aliphatic carbocycles. The molecule has 2 N–H and O–H groups in total. The number of rotatable bonds is 9. The quantitative estimate of drug-likeness (QED) is 0.533. The number of carboxylic acids is 1. The number of carboxylic acid groups (broad SMARTS) is 1. The van der Waals surface area contributed by atoms with Crippen molar-refractivity contribution in [3.8, 4) is 5.75 Å². The van der Waals surface area contributed by atoms with Crippen molar-refractivity contribution in [2.45, 2.75) is 57.3 Å². The van der Waals surface area contributed by atoms with Gasteiger partial charge < -0.3 is 20.1 Å². The fraction of sp³-hybridized carbons (Fsp3) is 0.522. The minimum Gasteiger partial charge on any atom is -0.489 e. The van der Waals surface area contributed by atoms with Gasteiger partial charge in [0.2, 0.25) is 5.91 Å². The van der Waals surface area contributed by atoms with Crippen LogP contribution in [0.3, 0.4) is 0 Å². The third-order valence-corrected chi connectivity index (χ3v) is 6.21. The second-order valence-corrected chi connectivity index (χ2v) is 8.61. The van der Waals surface area contributed by atoms with Gasteiger partial charge in [-0.1, -0.05) is 12.8 Å². The molecule has 1 aromatic carbocycles. The van der Waals surface area contributed by atoms with E-state index < -0.39 is 17.8 Å². The van der Waals surface area contributed by atoms with Gasteiger partial charge in [-0.2, -0.15) is 18.3 Å². The molecule has 8 nitrogen and oxygen atoms in total. The molecule has 4 rings (SSSR count). The van der Waals surface area contributed by atoms with E-state index in [0.29, 0.717) is 18.7 Å². The van der Waals surface area contributed by atoms with E-state index in [1.807, 2.05) is 0 Å². The summed E-state index contributed by atoms with van der Waals surface area (Å²) in [6.07, 6.45) is 1.06. The second kappa shape index (κ2) is 10.0. The number of aliphatic carboxylic acids is 1. The molecule has 1 fully saturated rings. The van der Waals surface area contributed by atoms with Crippen molar-refractivity contribution >= 4 is 17.6 Å². The monoisotopic (exact) mass is 480 g/mol. The number of halogens is 3. The maximum atomic E-state index is 13.5. The molecule has 1 aliphatic heterocycles. The van der Waals surface area contributed by atoms with Crippen molar-refractivity contribution in [2.75, 3.05) is 24.5 Å². The molecule has 11 heteroatoms. The van der Waals surface area contributed by atoms with Crippen molar-refractivity contribution < 1.29 is 32.6 Å². The minimum atomic E-state index is -4.56. The Morgan fingerprint density at radius 2 is 2.00 bits per heavy atom. The largest absolute Gasteiger partial charge is 0.489 e. The smallest absolute Gasteiger partial charge is 0.435 e. The van der Waals surface area contributed by atoms with Crippen LogP contribution in [0.25, 0.3) is 0 Å². The lowest BCUT2D eigenvalue weighted by Gasteiger charge is -2.18. The van der Waals surface area contributed by atoms with Gasteiger partial charge in [0.15, 0.2) is 5.69 Å². The molecule has 2 aliphatic rings. The highest BCUT2D eigenvalue weighted by Gasteiger charge is 2.38. The van der Waals surface area contributed by atoms with Gasteiger partial charge in [-0.15, -0.1) is 0 Å². The van der Waals surface area contributed by atoms with Gasteiger partial charge >= 0.3 is 12.1 Å². The highest BCUT2D eigenvalue weighted by atomic mass is 19.4. The van der Waals surface area contributed by atoms with Gasteiger partial charge in [0.25, 0.3) is 0 Å². The van der Waals surface area contributed by atoms with Crippen molar-refractivity contribution in [1.82, 2.24) is 15.1 Å². The Balaban J connectivity index is 1.40. The van der Waals surface area contributed by atoms with Crippen LogP contribution >= 0.6 is 0 Å². The molecule has 0 spiro atoms. The number of ether oxygens (including phenoxy) is 1. The lowest BCUT2D eigenvalue weighted by Crippen LogP contribution is -2.37. The van der Waals surface area contributed by atoms with E-state index in [2.05, 4.69) is 10.4 Å². The number of nitrogens with one attached hydrogen (secondary N) is 1. The third-order valence-electron chi connectivity index (χ3n) is 6.21. The molecule has 0 saturated heterocycles. The van der Waals surface area contributed by atoms with Crippen molar-refractivity contribution in [2.24, 2.45) is 0 Å². The second-order valence-electron chi connectivity index (χ2n) is 8.61. The van der Waals surface area contributed by atoms with Crippen LogP contribution in [0.2, 0.25) is 0 Å². The summed E-state index contributed by atoms with van der Waals surface area (Å²) < 4.78 is 47.7. The normalized spacial score (nSPS) is 16.1. The van der Waals surface area contributed by atoms with Crippen molar-refractivity contribution in [3.63, 3.8) is 0 Å². The number of hydrogen-bond donors (Lipinski definition) is 2. The summed E-state index contributed by atoms with van der Waals surface area (Å²) in [6.45, 7) is 0.447. The molecule has 1 saturated carbocycles. The molecule has 34 heavy (non-hydrogen) atoms. The van der Waals surface area contributed by atoms with Gasteiger partial charge in [-0.05, 0) is 43.0 Å². The van der Waals surface area contributed by atoms with Crippen LogP contribution in [-0.4, -0.2) is 46.4 Å². The molecular formula is C23H27F3N4O4. The summed E-state index contributed by atoms with van der Waals surface area (Å²) in [5.41, 5.74) is 0.688. The number of hydrogen-bond acceptors (Lipinski definition) is 5. The van der Waals surface area contributed by atoms with Crippen LogP contribution in [0, 0.1) is 0 Å². The molecule has 2 heterocycles. The molecule has 0 bridgehead atoms. The SMILES string of the molecule is O=C(O)CCNCC(=O)N1CCc2cc(OCc3cn(C4CCCC4)nc3C(F)(F)F)ccc21. The fourth-order valence-electron chi connectivity index (χ4n) is 4.50. The molecule has 1 aromatic heterocycles. The van der Waals surface area contributed by atoms with Crippen LogP contribution in [0.15, 0.2) is 24.4 Å². The van der Waals surface area contributed by atoms with Gasteiger partial charge in [0, 0.05) is 30.5 Å². The standard InChI is InChI=1S/C23H27F3N4O4/c24-23(25,26)22-16(13-30(28-22)17-3-1-2-4-17)14-34-18-5-6-19-15(11-18)8-10-29(19)20(31)12-27-9-7-21(32)33/h5-6,11,13,17,27H,1-4,7-10,12,14H2,(H,32,33). The number of amides is 1. The number of nitrogens with zero attached hydrogens (tertiary/aromatic N) is 3. The molecule has 2 aromatic rings. The Kier molecular flexibility index (Phi) is 7.11. The summed E-state index contributed by atoms with van der Waals surface area (Å²) in [7, 11) is 0. The lowest BCUT2D eigenvalue weighted by molar-refractivity contribution is -0.142. The maximum Gasteiger partial charge on any atom is 0.435 e. The first-order chi connectivity index (χ1) is 16.2. The van der Waals surface area contributed by atoms with Crippen LogP contribution in [0.1, 0.15) is 55.0 Å². The Bertz CT molecular complexity index is 1050. The molecule has 0 unspecified atom stereocenters. The first-order valence-electron chi connectivity index (χ1n) is 11.4. The number of carbonyl (C=O) groups excluding carboxylic acids is 1. The first-order valence-corrected chi connectivity index (χ1v) is 11.4. The molecule has 1 amide bonds. The Hall–Kier alpha value is -3.08. The zero-order chi connectivity index (χ0) is 24.3. The predicted octanol–water partition coefficient (Wildman–Crippen LogP) is 3.55. The van der Waals surface area contributed by atoms with E-state index in [1.54, 1.807) is 23.1 Å². The van der Waals surface area contributed by atoms with Gasteiger partial charge in [0.05, 0.1) is 19.0 Å². The zero-order valence-corrected chi connectivity index (χ0v) is 18.6. The topological polar surface area (TPSA) is 96.7 Å². The van der Waals surface area contributed by atoms with E-state index in [1.165, 1.54) is 10.9 Å². The average molecular weight is 480 g/mol. The van der Waals surface area contributed by atoms with E-state index in [0.717, 1.165) is 36.9 Å². The number of fused-ring (bicyclic) bond motifs is 1. The lowest BCUT2D eigenvalue weighted by atomic mass is 10.1. The number of benzene rings is 1. The third kappa shape index (κ3) is 5.52. The van der Waals surface area contributed by atoms with E-state index in [9.17, 15) is 22.8 Å². The minimum absolute atomic E-state index is 0.00279. The molecule has 0 radical (unpaired) electrons. The van der Waals surface area contributed by atoms with E-state index in [-0.39, 0.29) is 43.6 Å². The molecular weight excluding hydrogens is 453 g/mol. The van der Waals surface area contributed by atoms with Crippen LogP contribution in [0.4, 0.5) is 18.9 Å². The maximum absolute atomic E-state index is 13.5. The first kappa shape index (κ1) is 24.1.